The average molecular weight is 391 g/mol. The Morgan fingerprint density at radius 1 is 1.19 bits per heavy atom. The third kappa shape index (κ3) is 3.19. The Morgan fingerprint density at radius 2 is 1.93 bits per heavy atom. The van der Waals surface area contributed by atoms with E-state index in [1.54, 1.807) is 17.3 Å². The number of nitrogens with zero attached hydrogens (tertiary/aromatic N) is 3. The Kier molecular flexibility index (Phi) is 4.60. The SMILES string of the molecule is Cc1ccc(C)c(S(=O)(=O)N2CC(c3noc(C)n3)C3(CCOCC3)C2)c1. The molecule has 2 aromatic rings. The van der Waals surface area contributed by atoms with Gasteiger partial charge in [-0.1, -0.05) is 17.3 Å². The molecule has 3 heterocycles. The van der Waals surface area contributed by atoms with Crippen LogP contribution in [0.1, 0.15) is 41.6 Å². The van der Waals surface area contributed by atoms with E-state index in [0.29, 0.717) is 42.9 Å². The van der Waals surface area contributed by atoms with Gasteiger partial charge in [0, 0.05) is 39.1 Å². The first kappa shape index (κ1) is 18.6. The van der Waals surface area contributed by atoms with Crippen molar-refractivity contribution in [2.75, 3.05) is 26.3 Å². The van der Waals surface area contributed by atoms with Crippen molar-refractivity contribution in [2.24, 2.45) is 5.41 Å². The number of rotatable bonds is 3. The van der Waals surface area contributed by atoms with Gasteiger partial charge < -0.3 is 9.26 Å². The van der Waals surface area contributed by atoms with Crippen molar-refractivity contribution >= 4 is 10.0 Å². The molecule has 0 saturated carbocycles. The van der Waals surface area contributed by atoms with E-state index >= 15 is 0 Å². The molecule has 8 heteroatoms. The molecule has 0 aliphatic carbocycles. The van der Waals surface area contributed by atoms with E-state index in [1.165, 1.54) is 0 Å². The van der Waals surface area contributed by atoms with E-state index in [9.17, 15) is 8.42 Å². The highest BCUT2D eigenvalue weighted by Crippen LogP contribution is 2.50. The summed E-state index contributed by atoms with van der Waals surface area (Å²) in [5, 5.41) is 4.12. The summed E-state index contributed by atoms with van der Waals surface area (Å²) in [5.74, 6) is 1.02. The minimum absolute atomic E-state index is 0.0845. The fourth-order valence-electron chi connectivity index (χ4n) is 4.33. The summed E-state index contributed by atoms with van der Waals surface area (Å²) in [4.78, 5) is 4.81. The summed E-state index contributed by atoms with van der Waals surface area (Å²) in [6.45, 7) is 7.60. The molecule has 2 aliphatic heterocycles. The number of benzene rings is 1. The first-order valence-electron chi connectivity index (χ1n) is 9.27. The molecular formula is C19H25N3O4S. The number of ether oxygens (including phenoxy) is 1. The molecule has 146 valence electrons. The molecule has 0 N–H and O–H groups in total. The second-order valence-electron chi connectivity index (χ2n) is 7.77. The van der Waals surface area contributed by atoms with Crippen LogP contribution in [0, 0.1) is 26.2 Å². The van der Waals surface area contributed by atoms with E-state index in [4.69, 9.17) is 9.26 Å². The van der Waals surface area contributed by atoms with Crippen LogP contribution >= 0.6 is 0 Å². The van der Waals surface area contributed by atoms with Gasteiger partial charge in [-0.15, -0.1) is 0 Å². The largest absolute Gasteiger partial charge is 0.381 e. The maximum atomic E-state index is 13.4. The molecule has 1 unspecified atom stereocenters. The van der Waals surface area contributed by atoms with Gasteiger partial charge in [-0.05, 0) is 49.3 Å². The molecule has 27 heavy (non-hydrogen) atoms. The van der Waals surface area contributed by atoms with Crippen molar-refractivity contribution in [2.45, 2.75) is 44.4 Å². The maximum absolute atomic E-state index is 13.4. The number of hydrogen-bond acceptors (Lipinski definition) is 6. The minimum atomic E-state index is -3.59. The van der Waals surface area contributed by atoms with Gasteiger partial charge in [-0.2, -0.15) is 9.29 Å². The molecule has 0 amide bonds. The first-order chi connectivity index (χ1) is 12.8. The van der Waals surface area contributed by atoms with Gasteiger partial charge in [-0.25, -0.2) is 8.42 Å². The fraction of sp³-hybridized carbons (Fsp3) is 0.579. The van der Waals surface area contributed by atoms with Crippen LogP contribution < -0.4 is 0 Å². The van der Waals surface area contributed by atoms with Crippen molar-refractivity contribution in [3.05, 3.63) is 41.0 Å². The summed E-state index contributed by atoms with van der Waals surface area (Å²) in [6, 6.07) is 5.55. The zero-order valence-electron chi connectivity index (χ0n) is 15.9. The molecule has 2 fully saturated rings. The predicted octanol–water partition coefficient (Wildman–Crippen LogP) is 2.58. The molecule has 1 aromatic carbocycles. The lowest BCUT2D eigenvalue weighted by Crippen LogP contribution is -2.37. The lowest BCUT2D eigenvalue weighted by atomic mass is 9.72. The third-order valence-electron chi connectivity index (χ3n) is 5.92. The smallest absolute Gasteiger partial charge is 0.243 e. The topological polar surface area (TPSA) is 85.5 Å². The second-order valence-corrected chi connectivity index (χ2v) is 9.67. The summed E-state index contributed by atoms with van der Waals surface area (Å²) < 4.78 is 39.2. The van der Waals surface area contributed by atoms with Crippen molar-refractivity contribution in [3.63, 3.8) is 0 Å². The van der Waals surface area contributed by atoms with Gasteiger partial charge >= 0.3 is 0 Å². The van der Waals surface area contributed by atoms with E-state index < -0.39 is 10.0 Å². The van der Waals surface area contributed by atoms with Crippen LogP contribution in [0.2, 0.25) is 0 Å². The Balaban J connectivity index is 1.73. The number of hydrogen-bond donors (Lipinski definition) is 0. The molecule has 2 saturated heterocycles. The average Bonchev–Trinajstić information content (AvgIpc) is 3.22. The molecular weight excluding hydrogens is 366 g/mol. The van der Waals surface area contributed by atoms with Gasteiger partial charge in [0.05, 0.1) is 4.90 Å². The Labute approximate surface area is 159 Å². The van der Waals surface area contributed by atoms with Crippen molar-refractivity contribution in [1.82, 2.24) is 14.4 Å². The predicted molar refractivity (Wildman–Crippen MR) is 98.9 cm³/mol. The highest BCUT2D eigenvalue weighted by Gasteiger charge is 2.53. The van der Waals surface area contributed by atoms with Crippen LogP contribution in [0.5, 0.6) is 0 Å². The van der Waals surface area contributed by atoms with Gasteiger partial charge in [0.15, 0.2) is 5.82 Å². The van der Waals surface area contributed by atoms with Crippen LogP contribution in [0.25, 0.3) is 0 Å². The van der Waals surface area contributed by atoms with Gasteiger partial charge in [0.1, 0.15) is 0 Å². The molecule has 0 bridgehead atoms. The standard InChI is InChI=1S/C19H25N3O4S/c1-13-4-5-14(2)17(10-13)27(23,24)22-11-16(18-20-15(3)26-21-18)19(12-22)6-8-25-9-7-19/h4-5,10,16H,6-9,11-12H2,1-3H3. The number of sulfonamides is 1. The van der Waals surface area contributed by atoms with Crippen LogP contribution in [0.3, 0.4) is 0 Å². The lowest BCUT2D eigenvalue weighted by Gasteiger charge is -2.36. The van der Waals surface area contributed by atoms with Crippen LogP contribution in [-0.4, -0.2) is 49.2 Å². The molecule has 2 aliphatic rings. The molecule has 0 radical (unpaired) electrons. The quantitative estimate of drug-likeness (QED) is 0.799. The third-order valence-corrected chi connectivity index (χ3v) is 7.88. The van der Waals surface area contributed by atoms with Gasteiger partial charge in [-0.3, -0.25) is 0 Å². The first-order valence-corrected chi connectivity index (χ1v) is 10.7. The fourth-order valence-corrected chi connectivity index (χ4v) is 6.19. The molecule has 1 aromatic heterocycles. The van der Waals surface area contributed by atoms with E-state index in [1.807, 2.05) is 26.0 Å². The van der Waals surface area contributed by atoms with Crippen molar-refractivity contribution in [1.29, 1.82) is 0 Å². The van der Waals surface area contributed by atoms with Gasteiger partial charge in [0.25, 0.3) is 0 Å². The Morgan fingerprint density at radius 3 is 2.59 bits per heavy atom. The second kappa shape index (κ2) is 6.68. The number of aryl methyl sites for hydroxylation is 3. The summed E-state index contributed by atoms with van der Waals surface area (Å²) >= 11 is 0. The van der Waals surface area contributed by atoms with E-state index in [-0.39, 0.29) is 11.3 Å². The highest BCUT2D eigenvalue weighted by atomic mass is 32.2. The normalized spacial score (nSPS) is 23.1. The zero-order chi connectivity index (χ0) is 19.2. The van der Waals surface area contributed by atoms with Crippen LogP contribution in [0.15, 0.2) is 27.6 Å². The highest BCUT2D eigenvalue weighted by molar-refractivity contribution is 7.89. The molecule has 1 spiro atoms. The van der Waals surface area contributed by atoms with Crippen molar-refractivity contribution < 1.29 is 17.7 Å². The molecule has 1 atom stereocenters. The van der Waals surface area contributed by atoms with Crippen molar-refractivity contribution in [3.8, 4) is 0 Å². The minimum Gasteiger partial charge on any atom is -0.381 e. The lowest BCUT2D eigenvalue weighted by molar-refractivity contribution is 0.0132. The molecule has 4 rings (SSSR count). The van der Waals surface area contributed by atoms with Gasteiger partial charge in [0.2, 0.25) is 15.9 Å². The Hall–Kier alpha value is -1.77. The van der Waals surface area contributed by atoms with E-state index in [0.717, 1.165) is 24.0 Å². The summed E-state index contributed by atoms with van der Waals surface area (Å²) in [7, 11) is -3.59. The van der Waals surface area contributed by atoms with E-state index in [2.05, 4.69) is 10.1 Å². The van der Waals surface area contributed by atoms with Crippen LogP contribution in [0.4, 0.5) is 0 Å². The zero-order valence-corrected chi connectivity index (χ0v) is 16.8. The summed E-state index contributed by atoms with van der Waals surface area (Å²) in [5.41, 5.74) is 1.49. The molecule has 7 nitrogen and oxygen atoms in total. The van der Waals surface area contributed by atoms with Crippen LogP contribution in [-0.2, 0) is 14.8 Å². The summed E-state index contributed by atoms with van der Waals surface area (Å²) in [6.07, 6.45) is 1.59. The maximum Gasteiger partial charge on any atom is 0.243 e. The number of aromatic nitrogens is 2. The Bertz CT molecular complexity index is 948. The monoisotopic (exact) mass is 391 g/mol.